The highest BCUT2D eigenvalue weighted by Gasteiger charge is 2.17. The van der Waals surface area contributed by atoms with E-state index in [9.17, 15) is 17.6 Å². The molecule has 4 aromatic rings. The number of sulfonamides is 1. The second-order valence-electron chi connectivity index (χ2n) is 7.39. The summed E-state index contributed by atoms with van der Waals surface area (Å²) in [5.74, 6) is -0.121. The van der Waals surface area contributed by atoms with E-state index in [0.717, 1.165) is 4.31 Å². The van der Waals surface area contributed by atoms with E-state index in [1.165, 1.54) is 55.0 Å². The molecule has 0 unspecified atom stereocenters. The summed E-state index contributed by atoms with van der Waals surface area (Å²) in [6.45, 7) is 0.323. The number of aromatic nitrogens is 4. The van der Waals surface area contributed by atoms with Crippen LogP contribution in [0.1, 0.15) is 10.4 Å². The van der Waals surface area contributed by atoms with E-state index in [2.05, 4.69) is 20.6 Å². The fourth-order valence-corrected chi connectivity index (χ4v) is 3.97. The standard InChI is InChI=1S/C22H21FN6O4S/c1-28(2)34(31,32)18-8-6-15(7-9-18)22(30)24-12-13-33-20-11-10-19-25-26-21(29(19)27-20)16-4-3-5-17(23)14-16/h3-11,14H,12-13H2,1-2H3,(H,24,30). The Morgan fingerprint density at radius 1 is 1.09 bits per heavy atom. The number of hydrogen-bond acceptors (Lipinski definition) is 7. The van der Waals surface area contributed by atoms with Crippen molar-refractivity contribution < 1.29 is 22.3 Å². The average molecular weight is 485 g/mol. The fourth-order valence-electron chi connectivity index (χ4n) is 3.07. The van der Waals surface area contributed by atoms with Crippen molar-refractivity contribution in [2.75, 3.05) is 27.2 Å². The number of hydrogen-bond donors (Lipinski definition) is 1. The van der Waals surface area contributed by atoms with Gasteiger partial charge in [-0.25, -0.2) is 17.1 Å². The second-order valence-corrected chi connectivity index (χ2v) is 9.54. The van der Waals surface area contributed by atoms with Crippen molar-refractivity contribution in [2.24, 2.45) is 0 Å². The van der Waals surface area contributed by atoms with Crippen LogP contribution >= 0.6 is 0 Å². The van der Waals surface area contributed by atoms with Crippen LogP contribution in [0.3, 0.4) is 0 Å². The Morgan fingerprint density at radius 3 is 2.56 bits per heavy atom. The van der Waals surface area contributed by atoms with Crippen molar-refractivity contribution >= 4 is 21.6 Å². The van der Waals surface area contributed by atoms with Gasteiger partial charge in [-0.15, -0.1) is 15.3 Å². The number of halogens is 1. The molecule has 4 rings (SSSR count). The summed E-state index contributed by atoms with van der Waals surface area (Å²) >= 11 is 0. The van der Waals surface area contributed by atoms with E-state index in [1.54, 1.807) is 24.3 Å². The Morgan fingerprint density at radius 2 is 1.85 bits per heavy atom. The summed E-state index contributed by atoms with van der Waals surface area (Å²) in [5.41, 5.74) is 1.31. The molecule has 0 saturated carbocycles. The molecule has 12 heteroatoms. The first-order valence-electron chi connectivity index (χ1n) is 10.2. The predicted molar refractivity (Wildman–Crippen MR) is 121 cm³/mol. The first kappa shape index (κ1) is 23.3. The Bertz CT molecular complexity index is 1440. The zero-order valence-corrected chi connectivity index (χ0v) is 19.2. The molecule has 2 aromatic carbocycles. The van der Waals surface area contributed by atoms with Gasteiger partial charge in [-0.05, 0) is 42.5 Å². The second kappa shape index (κ2) is 9.53. The molecule has 0 bridgehead atoms. The van der Waals surface area contributed by atoms with E-state index >= 15 is 0 Å². The largest absolute Gasteiger partial charge is 0.475 e. The van der Waals surface area contributed by atoms with Gasteiger partial charge in [-0.3, -0.25) is 4.79 Å². The van der Waals surface area contributed by atoms with Crippen molar-refractivity contribution in [2.45, 2.75) is 4.90 Å². The van der Waals surface area contributed by atoms with Gasteiger partial charge in [0.25, 0.3) is 5.91 Å². The highest BCUT2D eigenvalue weighted by Crippen LogP contribution is 2.20. The first-order valence-corrected chi connectivity index (χ1v) is 11.6. The van der Waals surface area contributed by atoms with Crippen LogP contribution in [0.15, 0.2) is 65.6 Å². The minimum absolute atomic E-state index is 0.102. The minimum Gasteiger partial charge on any atom is -0.475 e. The molecule has 0 aliphatic rings. The summed E-state index contributed by atoms with van der Waals surface area (Å²) in [6, 6.07) is 14.9. The smallest absolute Gasteiger partial charge is 0.251 e. The van der Waals surface area contributed by atoms with Crippen LogP contribution in [0.25, 0.3) is 17.0 Å². The molecule has 10 nitrogen and oxygen atoms in total. The lowest BCUT2D eigenvalue weighted by Gasteiger charge is -2.11. The molecule has 0 radical (unpaired) electrons. The van der Waals surface area contributed by atoms with Crippen molar-refractivity contribution in [3.05, 3.63) is 72.0 Å². The van der Waals surface area contributed by atoms with Crippen LogP contribution in [0.4, 0.5) is 4.39 Å². The van der Waals surface area contributed by atoms with E-state index in [4.69, 9.17) is 4.74 Å². The maximum atomic E-state index is 13.6. The van der Waals surface area contributed by atoms with Crippen LogP contribution < -0.4 is 10.1 Å². The van der Waals surface area contributed by atoms with Gasteiger partial charge in [-0.1, -0.05) is 12.1 Å². The van der Waals surface area contributed by atoms with Gasteiger partial charge in [0.15, 0.2) is 11.5 Å². The normalized spacial score (nSPS) is 11.6. The molecule has 0 aliphatic carbocycles. The maximum absolute atomic E-state index is 13.6. The molecule has 0 atom stereocenters. The number of fused-ring (bicyclic) bond motifs is 1. The lowest BCUT2D eigenvalue weighted by molar-refractivity contribution is 0.0946. The number of amides is 1. The quantitative estimate of drug-likeness (QED) is 0.380. The van der Waals surface area contributed by atoms with Crippen molar-refractivity contribution in [3.8, 4) is 17.3 Å². The fraction of sp³-hybridized carbons (Fsp3) is 0.182. The highest BCUT2D eigenvalue weighted by atomic mass is 32.2. The molecular formula is C22H21FN6O4S. The minimum atomic E-state index is -3.56. The molecule has 0 fully saturated rings. The van der Waals surface area contributed by atoms with Crippen molar-refractivity contribution in [1.82, 2.24) is 29.4 Å². The molecule has 1 N–H and O–H groups in total. The number of benzene rings is 2. The third-order valence-corrected chi connectivity index (χ3v) is 6.68. The molecule has 0 spiro atoms. The van der Waals surface area contributed by atoms with Crippen molar-refractivity contribution in [3.63, 3.8) is 0 Å². The monoisotopic (exact) mass is 484 g/mol. The number of nitrogens with zero attached hydrogens (tertiary/aromatic N) is 5. The summed E-state index contributed by atoms with van der Waals surface area (Å²) < 4.78 is 46.0. The molecule has 2 aromatic heterocycles. The summed E-state index contributed by atoms with van der Waals surface area (Å²) in [4.78, 5) is 12.4. The van der Waals surface area contributed by atoms with Gasteiger partial charge in [0.2, 0.25) is 15.9 Å². The van der Waals surface area contributed by atoms with Crippen LogP contribution in [0.2, 0.25) is 0 Å². The zero-order valence-electron chi connectivity index (χ0n) is 18.3. The van der Waals surface area contributed by atoms with Crippen LogP contribution in [0.5, 0.6) is 5.88 Å². The van der Waals surface area contributed by atoms with Gasteiger partial charge in [0.05, 0.1) is 11.4 Å². The lowest BCUT2D eigenvalue weighted by atomic mass is 10.2. The third-order valence-electron chi connectivity index (χ3n) is 4.85. The van der Waals surface area contributed by atoms with Crippen LogP contribution in [0, 0.1) is 5.82 Å². The van der Waals surface area contributed by atoms with Gasteiger partial charge in [-0.2, -0.15) is 4.52 Å². The third kappa shape index (κ3) is 4.87. The molecule has 34 heavy (non-hydrogen) atoms. The van der Waals surface area contributed by atoms with Gasteiger partial charge in [0.1, 0.15) is 12.4 Å². The zero-order chi connectivity index (χ0) is 24.3. The lowest BCUT2D eigenvalue weighted by Crippen LogP contribution is -2.28. The molecule has 176 valence electrons. The Kier molecular flexibility index (Phi) is 6.52. The summed E-state index contributed by atoms with van der Waals surface area (Å²) in [6.07, 6.45) is 0. The first-order chi connectivity index (χ1) is 16.3. The molecule has 0 saturated heterocycles. The summed E-state index contributed by atoms with van der Waals surface area (Å²) in [5, 5.41) is 15.1. The van der Waals surface area contributed by atoms with E-state index in [1.807, 2.05) is 0 Å². The Hall–Kier alpha value is -3.90. The van der Waals surface area contributed by atoms with E-state index < -0.39 is 15.8 Å². The maximum Gasteiger partial charge on any atom is 0.251 e. The number of nitrogens with one attached hydrogen (secondary N) is 1. The molecule has 0 aliphatic heterocycles. The highest BCUT2D eigenvalue weighted by molar-refractivity contribution is 7.89. The van der Waals surface area contributed by atoms with E-state index in [-0.39, 0.29) is 29.8 Å². The average Bonchev–Trinajstić information content (AvgIpc) is 3.25. The van der Waals surface area contributed by atoms with Crippen LogP contribution in [-0.4, -0.2) is 65.7 Å². The number of ether oxygens (including phenoxy) is 1. The van der Waals surface area contributed by atoms with Crippen molar-refractivity contribution in [1.29, 1.82) is 0 Å². The predicted octanol–water partition coefficient (Wildman–Crippen LogP) is 1.99. The van der Waals surface area contributed by atoms with Gasteiger partial charge in [0, 0.05) is 31.3 Å². The summed E-state index contributed by atoms with van der Waals surface area (Å²) in [7, 11) is -0.683. The van der Waals surface area contributed by atoms with Gasteiger partial charge >= 0.3 is 0 Å². The topological polar surface area (TPSA) is 119 Å². The number of carbonyl (C=O) groups excluding carboxylic acids is 1. The van der Waals surface area contributed by atoms with Gasteiger partial charge < -0.3 is 10.1 Å². The SMILES string of the molecule is CN(C)S(=O)(=O)c1ccc(C(=O)NCCOc2ccc3nnc(-c4cccc(F)c4)n3n2)cc1. The Balaban J connectivity index is 1.36. The molecule has 1 amide bonds. The Labute approximate surface area is 195 Å². The van der Waals surface area contributed by atoms with E-state index in [0.29, 0.717) is 22.6 Å². The molecular weight excluding hydrogens is 463 g/mol. The number of carbonyl (C=O) groups is 1. The molecule has 2 heterocycles. The van der Waals surface area contributed by atoms with Crippen LogP contribution in [-0.2, 0) is 10.0 Å². The number of rotatable bonds is 8.